The number of aromatic nitrogens is 2. The van der Waals surface area contributed by atoms with Crippen molar-refractivity contribution in [2.24, 2.45) is 11.7 Å². The lowest BCUT2D eigenvalue weighted by Gasteiger charge is -2.14. The maximum Gasteiger partial charge on any atom is 0.123 e. The van der Waals surface area contributed by atoms with Gasteiger partial charge in [0, 0.05) is 12.5 Å². The third-order valence-corrected chi connectivity index (χ3v) is 3.18. The number of nitrogens with zero attached hydrogens (tertiary/aromatic N) is 1. The van der Waals surface area contributed by atoms with Crippen molar-refractivity contribution in [2.45, 2.75) is 26.2 Å². The highest BCUT2D eigenvalue weighted by Gasteiger charge is 2.15. The zero-order valence-electron chi connectivity index (χ0n) is 11.4. The average Bonchev–Trinajstić information content (AvgIpc) is 2.86. The molecule has 19 heavy (non-hydrogen) atoms. The standard InChI is InChI=1S/C15H20FN3/c1-10(2)7-12(8-17)15-18-9-14(19-15)11-3-5-13(16)6-4-11/h3-6,9-10,12H,7-8,17H2,1-2H3,(H,18,19). The Bertz CT molecular complexity index is 516. The van der Waals surface area contributed by atoms with Gasteiger partial charge in [-0.3, -0.25) is 0 Å². The quantitative estimate of drug-likeness (QED) is 0.867. The van der Waals surface area contributed by atoms with Gasteiger partial charge in [-0.25, -0.2) is 9.37 Å². The molecule has 0 bridgehead atoms. The van der Waals surface area contributed by atoms with E-state index in [0.29, 0.717) is 12.5 Å². The Morgan fingerprint density at radius 1 is 1.26 bits per heavy atom. The highest BCUT2D eigenvalue weighted by atomic mass is 19.1. The summed E-state index contributed by atoms with van der Waals surface area (Å²) in [6, 6.07) is 6.38. The molecule has 1 aromatic heterocycles. The van der Waals surface area contributed by atoms with Crippen molar-refractivity contribution in [3.05, 3.63) is 42.1 Å². The third kappa shape index (κ3) is 3.41. The molecular weight excluding hydrogens is 241 g/mol. The minimum absolute atomic E-state index is 0.233. The molecule has 1 atom stereocenters. The fourth-order valence-corrected chi connectivity index (χ4v) is 2.21. The van der Waals surface area contributed by atoms with E-state index in [4.69, 9.17) is 5.73 Å². The van der Waals surface area contributed by atoms with Crippen molar-refractivity contribution in [3.63, 3.8) is 0 Å². The number of halogens is 1. The number of aromatic amines is 1. The van der Waals surface area contributed by atoms with Crippen LogP contribution in [0.3, 0.4) is 0 Å². The van der Waals surface area contributed by atoms with Crippen LogP contribution in [0.5, 0.6) is 0 Å². The lowest BCUT2D eigenvalue weighted by molar-refractivity contribution is 0.490. The highest BCUT2D eigenvalue weighted by molar-refractivity contribution is 5.58. The molecule has 2 rings (SSSR count). The van der Waals surface area contributed by atoms with E-state index in [1.165, 1.54) is 12.1 Å². The van der Waals surface area contributed by atoms with Crippen LogP contribution in [0.1, 0.15) is 32.0 Å². The minimum Gasteiger partial charge on any atom is -0.342 e. The molecule has 0 radical (unpaired) electrons. The van der Waals surface area contributed by atoms with E-state index in [-0.39, 0.29) is 11.7 Å². The molecule has 0 saturated carbocycles. The second kappa shape index (κ2) is 5.97. The summed E-state index contributed by atoms with van der Waals surface area (Å²) in [5.41, 5.74) is 7.64. The fraction of sp³-hybridized carbons (Fsp3) is 0.400. The van der Waals surface area contributed by atoms with Gasteiger partial charge >= 0.3 is 0 Å². The van der Waals surface area contributed by atoms with Crippen LogP contribution in [-0.4, -0.2) is 16.5 Å². The smallest absolute Gasteiger partial charge is 0.123 e. The molecule has 3 N–H and O–H groups in total. The topological polar surface area (TPSA) is 54.7 Å². The third-order valence-electron chi connectivity index (χ3n) is 3.18. The van der Waals surface area contributed by atoms with E-state index in [0.717, 1.165) is 23.5 Å². The maximum atomic E-state index is 12.9. The zero-order valence-corrected chi connectivity index (χ0v) is 11.4. The zero-order chi connectivity index (χ0) is 13.8. The largest absolute Gasteiger partial charge is 0.342 e. The molecule has 0 saturated heterocycles. The van der Waals surface area contributed by atoms with E-state index < -0.39 is 0 Å². The van der Waals surface area contributed by atoms with E-state index in [1.807, 2.05) is 0 Å². The summed E-state index contributed by atoms with van der Waals surface area (Å²) in [4.78, 5) is 7.70. The first kappa shape index (κ1) is 13.7. The summed E-state index contributed by atoms with van der Waals surface area (Å²) in [7, 11) is 0. The predicted molar refractivity (Wildman–Crippen MR) is 75.2 cm³/mol. The lowest BCUT2D eigenvalue weighted by atomic mass is 9.97. The molecular formula is C15H20FN3. The van der Waals surface area contributed by atoms with Gasteiger partial charge in [0.2, 0.25) is 0 Å². The van der Waals surface area contributed by atoms with Gasteiger partial charge < -0.3 is 10.7 Å². The normalized spacial score (nSPS) is 12.9. The van der Waals surface area contributed by atoms with Crippen molar-refractivity contribution in [2.75, 3.05) is 6.54 Å². The van der Waals surface area contributed by atoms with E-state index in [9.17, 15) is 4.39 Å². The molecule has 0 aliphatic carbocycles. The van der Waals surface area contributed by atoms with Crippen molar-refractivity contribution in [1.82, 2.24) is 9.97 Å². The first-order valence-electron chi connectivity index (χ1n) is 6.61. The SMILES string of the molecule is CC(C)CC(CN)c1ncc(-c2ccc(F)cc2)[nH]1. The Morgan fingerprint density at radius 2 is 1.95 bits per heavy atom. The monoisotopic (exact) mass is 261 g/mol. The fourth-order valence-electron chi connectivity index (χ4n) is 2.21. The number of H-pyrrole nitrogens is 1. The molecule has 3 nitrogen and oxygen atoms in total. The average molecular weight is 261 g/mol. The van der Waals surface area contributed by atoms with Crippen LogP contribution in [0.25, 0.3) is 11.3 Å². The number of rotatable bonds is 5. The molecule has 102 valence electrons. The summed E-state index contributed by atoms with van der Waals surface area (Å²) in [6.07, 6.45) is 2.79. The summed E-state index contributed by atoms with van der Waals surface area (Å²) >= 11 is 0. The van der Waals surface area contributed by atoms with Gasteiger partial charge in [0.15, 0.2) is 0 Å². The van der Waals surface area contributed by atoms with Crippen LogP contribution in [0.4, 0.5) is 4.39 Å². The molecule has 0 aliphatic heterocycles. The van der Waals surface area contributed by atoms with Crippen molar-refractivity contribution < 1.29 is 4.39 Å². The summed E-state index contributed by atoms with van der Waals surface area (Å²) in [5, 5.41) is 0. The number of hydrogen-bond acceptors (Lipinski definition) is 2. The number of nitrogens with two attached hydrogens (primary N) is 1. The van der Waals surface area contributed by atoms with Gasteiger partial charge in [-0.2, -0.15) is 0 Å². The van der Waals surface area contributed by atoms with Gasteiger partial charge in [0.1, 0.15) is 11.6 Å². The van der Waals surface area contributed by atoms with Crippen molar-refractivity contribution in [3.8, 4) is 11.3 Å². The molecule has 0 amide bonds. The Hall–Kier alpha value is -1.68. The van der Waals surface area contributed by atoms with Crippen molar-refractivity contribution >= 4 is 0 Å². The number of imidazole rings is 1. The molecule has 0 fully saturated rings. The van der Waals surface area contributed by atoms with Crippen molar-refractivity contribution in [1.29, 1.82) is 0 Å². The van der Waals surface area contributed by atoms with Gasteiger partial charge in [-0.1, -0.05) is 13.8 Å². The molecule has 2 aromatic rings. The van der Waals surface area contributed by atoms with Crippen LogP contribution in [0, 0.1) is 11.7 Å². The van der Waals surface area contributed by atoms with Crippen LogP contribution < -0.4 is 5.73 Å². The molecule has 0 spiro atoms. The highest BCUT2D eigenvalue weighted by Crippen LogP contribution is 2.24. The minimum atomic E-state index is -0.233. The Kier molecular flexibility index (Phi) is 4.32. The van der Waals surface area contributed by atoms with Gasteiger partial charge in [0.25, 0.3) is 0 Å². The Labute approximate surface area is 113 Å². The molecule has 1 heterocycles. The van der Waals surface area contributed by atoms with Crippen LogP contribution in [0.2, 0.25) is 0 Å². The number of hydrogen-bond donors (Lipinski definition) is 2. The number of nitrogens with one attached hydrogen (secondary N) is 1. The second-order valence-electron chi connectivity index (χ2n) is 5.25. The van der Waals surface area contributed by atoms with E-state index >= 15 is 0 Å². The molecule has 0 aliphatic rings. The molecule has 1 aromatic carbocycles. The van der Waals surface area contributed by atoms with Gasteiger partial charge in [-0.05, 0) is 42.2 Å². The summed E-state index contributed by atoms with van der Waals surface area (Å²) in [6.45, 7) is 4.92. The first-order valence-corrected chi connectivity index (χ1v) is 6.61. The maximum absolute atomic E-state index is 12.9. The van der Waals surface area contributed by atoms with E-state index in [2.05, 4.69) is 23.8 Å². The van der Waals surface area contributed by atoms with Gasteiger partial charge in [-0.15, -0.1) is 0 Å². The number of benzene rings is 1. The molecule has 1 unspecified atom stereocenters. The van der Waals surface area contributed by atoms with Crippen LogP contribution in [-0.2, 0) is 0 Å². The Balaban J connectivity index is 2.20. The summed E-state index contributed by atoms with van der Waals surface area (Å²) in [5.74, 6) is 1.50. The second-order valence-corrected chi connectivity index (χ2v) is 5.25. The van der Waals surface area contributed by atoms with Crippen LogP contribution >= 0.6 is 0 Å². The lowest BCUT2D eigenvalue weighted by Crippen LogP contribution is -2.15. The van der Waals surface area contributed by atoms with Gasteiger partial charge in [0.05, 0.1) is 11.9 Å². The summed E-state index contributed by atoms with van der Waals surface area (Å²) < 4.78 is 12.9. The Morgan fingerprint density at radius 3 is 2.53 bits per heavy atom. The van der Waals surface area contributed by atoms with E-state index in [1.54, 1.807) is 18.3 Å². The van der Waals surface area contributed by atoms with Crippen LogP contribution in [0.15, 0.2) is 30.5 Å². The first-order chi connectivity index (χ1) is 9.10. The predicted octanol–water partition coefficient (Wildman–Crippen LogP) is 3.30. The molecule has 4 heteroatoms.